The maximum atomic E-state index is 5.79. The van der Waals surface area contributed by atoms with Crippen LogP contribution in [-0.2, 0) is 18.4 Å². The van der Waals surface area contributed by atoms with Crippen molar-refractivity contribution in [3.05, 3.63) is 41.6 Å². The van der Waals surface area contributed by atoms with E-state index in [9.17, 15) is 0 Å². The number of guanidine groups is 1. The first-order valence-electron chi connectivity index (χ1n) is 8.98. The number of aromatic nitrogens is 1. The second-order valence-electron chi connectivity index (χ2n) is 7.15. The van der Waals surface area contributed by atoms with Gasteiger partial charge in [0, 0.05) is 19.0 Å². The molecular weight excluding hydrogens is 471 g/mol. The highest BCUT2D eigenvalue weighted by Gasteiger charge is 2.19. The summed E-state index contributed by atoms with van der Waals surface area (Å²) in [4.78, 5) is 8.55. The molecule has 0 unspecified atom stereocenters. The van der Waals surface area contributed by atoms with Crippen LogP contribution in [0.25, 0.3) is 0 Å². The second-order valence-corrected chi connectivity index (χ2v) is 7.15. The van der Waals surface area contributed by atoms with Gasteiger partial charge in [-0.15, -0.1) is 24.0 Å². The van der Waals surface area contributed by atoms with E-state index in [2.05, 4.69) is 41.4 Å². The van der Waals surface area contributed by atoms with Crippen LogP contribution in [0.2, 0.25) is 0 Å². The number of methoxy groups -OCH3 is 2. The summed E-state index contributed by atoms with van der Waals surface area (Å²) in [7, 11) is 5.06. The van der Waals surface area contributed by atoms with Gasteiger partial charge in [-0.25, -0.2) is 4.98 Å². The summed E-state index contributed by atoms with van der Waals surface area (Å²) in [6.07, 6.45) is 2.55. The van der Waals surface area contributed by atoms with Crippen LogP contribution in [0.3, 0.4) is 0 Å². The molecule has 0 saturated carbocycles. The Bertz CT molecular complexity index is 769. The molecule has 0 amide bonds. The summed E-state index contributed by atoms with van der Waals surface area (Å²) in [5, 5.41) is 6.50. The molecule has 0 saturated heterocycles. The lowest BCUT2D eigenvalue weighted by molar-refractivity contribution is 0.379. The molecule has 0 fully saturated rings. The first-order valence-corrected chi connectivity index (χ1v) is 8.98. The molecule has 1 aromatic carbocycles. The molecule has 1 aromatic heterocycles. The fraction of sp³-hybridized carbons (Fsp3) is 0.500. The molecule has 2 aromatic rings. The number of nitrogens with one attached hydrogen (secondary N) is 2. The van der Waals surface area contributed by atoms with Crippen molar-refractivity contribution in [2.75, 3.05) is 27.8 Å². The van der Waals surface area contributed by atoms with Gasteiger partial charge in [0.2, 0.25) is 5.89 Å². The fourth-order valence-corrected chi connectivity index (χ4v) is 2.51. The zero-order valence-corrected chi connectivity index (χ0v) is 19.8. The van der Waals surface area contributed by atoms with Gasteiger partial charge in [0.25, 0.3) is 0 Å². The minimum atomic E-state index is -0.0546. The highest BCUT2D eigenvalue weighted by molar-refractivity contribution is 14.0. The highest BCUT2D eigenvalue weighted by Crippen LogP contribution is 2.24. The van der Waals surface area contributed by atoms with E-state index < -0.39 is 0 Å². The van der Waals surface area contributed by atoms with Gasteiger partial charge in [-0.05, 0) is 30.2 Å². The van der Waals surface area contributed by atoms with Crippen LogP contribution in [0.1, 0.15) is 38.0 Å². The molecule has 0 radical (unpaired) electrons. The van der Waals surface area contributed by atoms with Gasteiger partial charge in [0.15, 0.2) is 5.96 Å². The van der Waals surface area contributed by atoms with Gasteiger partial charge in [0.1, 0.15) is 17.3 Å². The highest BCUT2D eigenvalue weighted by atomic mass is 127. The van der Waals surface area contributed by atoms with Crippen molar-refractivity contribution in [2.45, 2.75) is 39.2 Å². The average Bonchev–Trinajstić information content (AvgIpc) is 3.13. The monoisotopic (exact) mass is 502 g/mol. The minimum absolute atomic E-state index is 0. The maximum Gasteiger partial charge on any atom is 0.213 e. The molecule has 0 atom stereocenters. The zero-order valence-electron chi connectivity index (χ0n) is 17.5. The van der Waals surface area contributed by atoms with E-state index in [0.717, 1.165) is 29.2 Å². The molecule has 0 spiro atoms. The van der Waals surface area contributed by atoms with Crippen molar-refractivity contribution in [1.82, 2.24) is 15.6 Å². The van der Waals surface area contributed by atoms with E-state index in [-0.39, 0.29) is 29.4 Å². The summed E-state index contributed by atoms with van der Waals surface area (Å²) in [6.45, 7) is 7.45. The van der Waals surface area contributed by atoms with Crippen LogP contribution in [0.4, 0.5) is 0 Å². The smallest absolute Gasteiger partial charge is 0.213 e. The molecule has 2 rings (SSSR count). The Morgan fingerprint density at radius 1 is 1.18 bits per heavy atom. The van der Waals surface area contributed by atoms with E-state index in [4.69, 9.17) is 13.9 Å². The Morgan fingerprint density at radius 2 is 1.93 bits per heavy atom. The molecule has 28 heavy (non-hydrogen) atoms. The van der Waals surface area contributed by atoms with E-state index in [0.29, 0.717) is 24.9 Å². The van der Waals surface area contributed by atoms with E-state index in [1.807, 2.05) is 18.2 Å². The molecule has 156 valence electrons. The van der Waals surface area contributed by atoms with Gasteiger partial charge in [-0.1, -0.05) is 20.8 Å². The van der Waals surface area contributed by atoms with Gasteiger partial charge >= 0.3 is 0 Å². The summed E-state index contributed by atoms with van der Waals surface area (Å²) in [5.41, 5.74) is 1.02. The van der Waals surface area contributed by atoms with Crippen molar-refractivity contribution < 1.29 is 13.9 Å². The van der Waals surface area contributed by atoms with Gasteiger partial charge in [0.05, 0.1) is 27.0 Å². The molecule has 0 aliphatic heterocycles. The molecule has 7 nitrogen and oxygen atoms in total. The van der Waals surface area contributed by atoms with Gasteiger partial charge in [-0.3, -0.25) is 4.99 Å². The number of halogens is 1. The van der Waals surface area contributed by atoms with Crippen LogP contribution in [0.5, 0.6) is 11.5 Å². The lowest BCUT2D eigenvalue weighted by atomic mass is 9.94. The fourth-order valence-electron chi connectivity index (χ4n) is 2.51. The third kappa shape index (κ3) is 6.88. The lowest BCUT2D eigenvalue weighted by Crippen LogP contribution is -2.38. The van der Waals surface area contributed by atoms with E-state index in [1.54, 1.807) is 27.5 Å². The summed E-state index contributed by atoms with van der Waals surface area (Å²) >= 11 is 0. The van der Waals surface area contributed by atoms with Crippen molar-refractivity contribution in [1.29, 1.82) is 0 Å². The van der Waals surface area contributed by atoms with Gasteiger partial charge in [-0.2, -0.15) is 0 Å². The predicted molar refractivity (Wildman–Crippen MR) is 122 cm³/mol. The Balaban J connectivity index is 0.00000392. The minimum Gasteiger partial charge on any atom is -0.497 e. The first kappa shape index (κ1) is 24.1. The van der Waals surface area contributed by atoms with Crippen LogP contribution < -0.4 is 20.1 Å². The predicted octanol–water partition coefficient (Wildman–Crippen LogP) is 3.52. The van der Waals surface area contributed by atoms with Crippen LogP contribution in [0.15, 0.2) is 33.8 Å². The topological polar surface area (TPSA) is 80.9 Å². The van der Waals surface area contributed by atoms with Crippen molar-refractivity contribution in [3.63, 3.8) is 0 Å². The number of nitrogens with zero attached hydrogens (tertiary/aromatic N) is 2. The quantitative estimate of drug-likeness (QED) is 0.343. The number of aliphatic imine (C=N–C) groups is 1. The third-order valence-corrected chi connectivity index (χ3v) is 4.10. The number of benzene rings is 1. The second kappa shape index (κ2) is 11.1. The number of rotatable bonds is 7. The number of ether oxygens (including phenoxy) is 2. The Hall–Kier alpha value is -1.97. The normalized spacial score (nSPS) is 11.6. The van der Waals surface area contributed by atoms with Crippen molar-refractivity contribution in [3.8, 4) is 11.5 Å². The van der Waals surface area contributed by atoms with Crippen molar-refractivity contribution in [2.24, 2.45) is 4.99 Å². The molecule has 0 aliphatic carbocycles. The number of hydrogen-bond donors (Lipinski definition) is 2. The molecule has 2 N–H and O–H groups in total. The standard InChI is InChI=1S/C20H30N4O3.HI/c1-20(2,3)17-12-23-18(27-17)13-24-19(21-4)22-10-9-14-11-15(25-5)7-8-16(14)26-6;/h7-8,11-12H,9-10,13H2,1-6H3,(H2,21,22,24);1H. The SMILES string of the molecule is CN=C(NCCc1cc(OC)ccc1OC)NCc1ncc(C(C)(C)C)o1.I. The van der Waals surface area contributed by atoms with Crippen LogP contribution >= 0.6 is 24.0 Å². The summed E-state index contributed by atoms with van der Waals surface area (Å²) < 4.78 is 16.5. The van der Waals surface area contributed by atoms with Gasteiger partial charge < -0.3 is 24.5 Å². The first-order chi connectivity index (χ1) is 12.9. The summed E-state index contributed by atoms with van der Waals surface area (Å²) in [5.74, 6) is 3.85. The zero-order chi connectivity index (χ0) is 19.9. The number of oxazole rings is 1. The Morgan fingerprint density at radius 3 is 2.50 bits per heavy atom. The summed E-state index contributed by atoms with van der Waals surface area (Å²) in [6, 6.07) is 5.78. The van der Waals surface area contributed by atoms with E-state index >= 15 is 0 Å². The van der Waals surface area contributed by atoms with Crippen molar-refractivity contribution >= 4 is 29.9 Å². The van der Waals surface area contributed by atoms with Crippen LogP contribution in [0, 0.1) is 0 Å². The lowest BCUT2D eigenvalue weighted by Gasteiger charge is -2.14. The largest absolute Gasteiger partial charge is 0.497 e. The molecular formula is C20H31IN4O3. The maximum absolute atomic E-state index is 5.79. The molecule has 1 heterocycles. The molecule has 0 aliphatic rings. The average molecular weight is 502 g/mol. The Kier molecular flexibility index (Phi) is 9.57. The number of hydrogen-bond acceptors (Lipinski definition) is 5. The Labute approximate surface area is 184 Å². The van der Waals surface area contributed by atoms with E-state index in [1.165, 1.54) is 0 Å². The molecule has 0 bridgehead atoms. The third-order valence-electron chi connectivity index (χ3n) is 4.10. The molecule has 8 heteroatoms. The van der Waals surface area contributed by atoms with Crippen LogP contribution in [-0.4, -0.2) is 38.8 Å².